The van der Waals surface area contributed by atoms with Crippen molar-refractivity contribution in [2.75, 3.05) is 11.9 Å². The molecule has 0 radical (unpaired) electrons. The second-order valence-electron chi connectivity index (χ2n) is 7.07. The van der Waals surface area contributed by atoms with E-state index < -0.39 is 36.6 Å². The highest BCUT2D eigenvalue weighted by molar-refractivity contribution is 6.00. The predicted molar refractivity (Wildman–Crippen MR) is 87.5 cm³/mol. The Kier molecular flexibility index (Phi) is 4.48. The molecule has 1 amide bonds. The second-order valence-corrected chi connectivity index (χ2v) is 7.07. The van der Waals surface area contributed by atoms with Crippen molar-refractivity contribution < 1.29 is 24.1 Å². The highest BCUT2D eigenvalue weighted by atomic mass is 19.1. The summed E-state index contributed by atoms with van der Waals surface area (Å²) in [5, 5.41) is 21.7. The lowest BCUT2D eigenvalue weighted by molar-refractivity contribution is -0.123. The van der Waals surface area contributed by atoms with Gasteiger partial charge >= 0.3 is 0 Å². The molecular weight excluding hydrogens is 331 g/mol. The van der Waals surface area contributed by atoms with Gasteiger partial charge in [-0.1, -0.05) is 20.8 Å². The molecule has 0 unspecified atom stereocenters. The molecule has 3 heterocycles. The molecule has 8 nitrogen and oxygen atoms in total. The third kappa shape index (κ3) is 3.10. The lowest BCUT2D eigenvalue weighted by atomic mass is 9.95. The first-order valence-corrected chi connectivity index (χ1v) is 7.95. The molecule has 0 bridgehead atoms. The van der Waals surface area contributed by atoms with E-state index in [-0.39, 0.29) is 5.91 Å². The Bertz CT molecular complexity index is 788. The van der Waals surface area contributed by atoms with Gasteiger partial charge in [0.1, 0.15) is 17.7 Å². The van der Waals surface area contributed by atoms with Crippen molar-refractivity contribution in [1.29, 1.82) is 0 Å². The van der Waals surface area contributed by atoms with E-state index in [9.17, 15) is 14.3 Å². The van der Waals surface area contributed by atoms with Crippen LogP contribution in [0.3, 0.4) is 0 Å². The summed E-state index contributed by atoms with van der Waals surface area (Å²) in [5.74, 6) is -0.189. The number of imidazole rings is 1. The van der Waals surface area contributed by atoms with E-state index >= 15 is 0 Å². The number of alkyl halides is 1. The second kappa shape index (κ2) is 6.32. The Labute approximate surface area is 143 Å². The first-order chi connectivity index (χ1) is 11.7. The zero-order chi connectivity index (χ0) is 18.4. The van der Waals surface area contributed by atoms with Crippen LogP contribution in [0, 0.1) is 5.41 Å². The third-order valence-corrected chi connectivity index (χ3v) is 4.14. The van der Waals surface area contributed by atoms with Gasteiger partial charge in [0, 0.05) is 11.6 Å². The van der Waals surface area contributed by atoms with Gasteiger partial charge in [-0.3, -0.25) is 9.36 Å². The van der Waals surface area contributed by atoms with Gasteiger partial charge in [0.25, 0.3) is 0 Å². The number of halogens is 1. The van der Waals surface area contributed by atoms with Crippen molar-refractivity contribution >= 4 is 22.8 Å². The first kappa shape index (κ1) is 17.7. The molecule has 0 saturated carbocycles. The van der Waals surface area contributed by atoms with Crippen molar-refractivity contribution in [2.24, 2.45) is 5.41 Å². The molecule has 3 N–H and O–H groups in total. The minimum Gasteiger partial charge on any atom is -0.394 e. The van der Waals surface area contributed by atoms with E-state index in [2.05, 4.69) is 15.3 Å². The van der Waals surface area contributed by atoms with Crippen LogP contribution in [0.15, 0.2) is 18.6 Å². The summed E-state index contributed by atoms with van der Waals surface area (Å²) in [6.45, 7) is 4.87. The summed E-state index contributed by atoms with van der Waals surface area (Å²) in [5.41, 5.74) is 0.564. The number of carbonyl (C=O) groups is 1. The fraction of sp³-hybridized carbons (Fsp3) is 0.562. The molecule has 1 aliphatic rings. The molecule has 2 aromatic rings. The number of carbonyl (C=O) groups excluding carboxylic acids is 1. The van der Waals surface area contributed by atoms with Gasteiger partial charge in [-0.15, -0.1) is 0 Å². The molecule has 0 aromatic carbocycles. The molecule has 1 fully saturated rings. The van der Waals surface area contributed by atoms with Crippen molar-refractivity contribution in [3.63, 3.8) is 0 Å². The van der Waals surface area contributed by atoms with Crippen molar-refractivity contribution in [3.8, 4) is 0 Å². The molecule has 9 heteroatoms. The molecule has 3 rings (SSSR count). The largest absolute Gasteiger partial charge is 0.394 e. The summed E-state index contributed by atoms with van der Waals surface area (Å²) in [6.07, 6.45) is -2.52. The van der Waals surface area contributed by atoms with Gasteiger partial charge in [0.2, 0.25) is 5.91 Å². The Hall–Kier alpha value is -2.10. The predicted octanol–water partition coefficient (Wildman–Crippen LogP) is 1.00. The smallest absolute Gasteiger partial charge is 0.229 e. The van der Waals surface area contributed by atoms with E-state index in [1.165, 1.54) is 17.1 Å². The molecule has 0 aliphatic carbocycles. The van der Waals surface area contributed by atoms with Gasteiger partial charge in [0.15, 0.2) is 18.0 Å². The van der Waals surface area contributed by atoms with Gasteiger partial charge in [-0.05, 0) is 6.07 Å². The quantitative estimate of drug-likeness (QED) is 0.760. The lowest BCUT2D eigenvalue weighted by Crippen LogP contribution is -2.30. The number of aliphatic hydroxyl groups is 2. The van der Waals surface area contributed by atoms with Crippen LogP contribution in [0.25, 0.3) is 11.2 Å². The van der Waals surface area contributed by atoms with E-state index in [1.54, 1.807) is 26.8 Å². The number of pyridine rings is 1. The maximum atomic E-state index is 14.3. The maximum absolute atomic E-state index is 14.3. The fourth-order valence-electron chi connectivity index (χ4n) is 2.61. The minimum absolute atomic E-state index is 0.189. The zero-order valence-electron chi connectivity index (χ0n) is 14.2. The summed E-state index contributed by atoms with van der Waals surface area (Å²) in [6, 6.07) is 1.61. The summed E-state index contributed by atoms with van der Waals surface area (Å²) in [4.78, 5) is 20.6. The standard InChI is InChI=1S/C16H21FN4O4/c1-16(2,3)15(24)20-8-4-5-18-13-11(8)19-7-21(13)14-10(17)12(23)9(6-22)25-14/h4-5,7,9-10,12,14,22-23H,6H2,1-3H3,(H,18,20,24)/t9-,10+,12-,14-/m1/s1. The molecule has 2 aromatic heterocycles. The van der Waals surface area contributed by atoms with E-state index in [1.807, 2.05) is 0 Å². The van der Waals surface area contributed by atoms with Crippen molar-refractivity contribution in [1.82, 2.24) is 14.5 Å². The molecule has 0 spiro atoms. The molecule has 136 valence electrons. The van der Waals surface area contributed by atoms with Crippen LogP contribution in [0.2, 0.25) is 0 Å². The average Bonchev–Trinajstić information content (AvgIpc) is 3.09. The van der Waals surface area contributed by atoms with Crippen LogP contribution < -0.4 is 5.32 Å². The minimum atomic E-state index is -1.73. The molecule has 1 saturated heterocycles. The van der Waals surface area contributed by atoms with Crippen LogP contribution in [0.4, 0.5) is 10.1 Å². The summed E-state index contributed by atoms with van der Waals surface area (Å²) >= 11 is 0. The average molecular weight is 352 g/mol. The number of hydrogen-bond donors (Lipinski definition) is 3. The van der Waals surface area contributed by atoms with E-state index in [0.29, 0.717) is 16.9 Å². The number of aromatic nitrogens is 3. The summed E-state index contributed by atoms with van der Waals surface area (Å²) < 4.78 is 21.1. The first-order valence-electron chi connectivity index (χ1n) is 7.95. The highest BCUT2D eigenvalue weighted by Crippen LogP contribution is 2.34. The SMILES string of the molecule is CC(C)(C)C(=O)Nc1ccnc2c1ncn2[C@@H]1O[C@H](CO)[C@@H](O)[C@@H]1F. The zero-order valence-corrected chi connectivity index (χ0v) is 14.2. The number of ether oxygens (including phenoxy) is 1. The number of anilines is 1. The van der Waals surface area contributed by atoms with Crippen LogP contribution in [0.5, 0.6) is 0 Å². The highest BCUT2D eigenvalue weighted by Gasteiger charge is 2.45. The van der Waals surface area contributed by atoms with Gasteiger partial charge in [0.05, 0.1) is 18.6 Å². The van der Waals surface area contributed by atoms with Crippen molar-refractivity contribution in [3.05, 3.63) is 18.6 Å². The topological polar surface area (TPSA) is 110 Å². The van der Waals surface area contributed by atoms with Gasteiger partial charge in [-0.25, -0.2) is 14.4 Å². The van der Waals surface area contributed by atoms with Gasteiger partial charge in [-0.2, -0.15) is 0 Å². The monoisotopic (exact) mass is 352 g/mol. The van der Waals surface area contributed by atoms with Crippen LogP contribution in [-0.2, 0) is 9.53 Å². The van der Waals surface area contributed by atoms with Crippen LogP contribution >= 0.6 is 0 Å². The fourth-order valence-corrected chi connectivity index (χ4v) is 2.61. The lowest BCUT2D eigenvalue weighted by Gasteiger charge is -2.18. The van der Waals surface area contributed by atoms with E-state index in [0.717, 1.165) is 0 Å². The number of aliphatic hydroxyl groups excluding tert-OH is 2. The summed E-state index contributed by atoms with van der Waals surface area (Å²) in [7, 11) is 0. The number of hydrogen-bond acceptors (Lipinski definition) is 6. The van der Waals surface area contributed by atoms with Crippen molar-refractivity contribution in [2.45, 2.75) is 45.4 Å². The Morgan fingerprint density at radius 1 is 1.44 bits per heavy atom. The third-order valence-electron chi connectivity index (χ3n) is 4.14. The Morgan fingerprint density at radius 2 is 2.16 bits per heavy atom. The van der Waals surface area contributed by atoms with E-state index in [4.69, 9.17) is 9.84 Å². The molecule has 25 heavy (non-hydrogen) atoms. The molecular formula is C16H21FN4O4. The Morgan fingerprint density at radius 3 is 2.76 bits per heavy atom. The number of rotatable bonds is 3. The number of amides is 1. The molecule has 1 aliphatic heterocycles. The Balaban J connectivity index is 1.95. The molecule has 4 atom stereocenters. The number of fused-ring (bicyclic) bond motifs is 1. The van der Waals surface area contributed by atoms with Crippen LogP contribution in [-0.4, -0.2) is 55.6 Å². The maximum Gasteiger partial charge on any atom is 0.229 e. The van der Waals surface area contributed by atoms with Gasteiger partial charge < -0.3 is 20.3 Å². The number of nitrogens with one attached hydrogen (secondary N) is 1. The van der Waals surface area contributed by atoms with Crippen LogP contribution in [0.1, 0.15) is 27.0 Å². The number of nitrogens with zero attached hydrogens (tertiary/aromatic N) is 3. The normalized spacial score (nSPS) is 27.0.